The Morgan fingerprint density at radius 2 is 2.00 bits per heavy atom. The van der Waals surface area contributed by atoms with Crippen molar-refractivity contribution in [2.24, 2.45) is 0 Å². The first kappa shape index (κ1) is 12.0. The van der Waals surface area contributed by atoms with E-state index in [-0.39, 0.29) is 12.5 Å². The van der Waals surface area contributed by atoms with E-state index in [2.05, 4.69) is 37.6 Å². The van der Waals surface area contributed by atoms with Crippen molar-refractivity contribution in [3.05, 3.63) is 23.8 Å². The highest BCUT2D eigenvalue weighted by molar-refractivity contribution is 8.01. The maximum absolute atomic E-state index is 9.16. The molecule has 0 saturated heterocycles. The van der Waals surface area contributed by atoms with Crippen LogP contribution in [-0.2, 0) is 0 Å². The highest BCUT2D eigenvalue weighted by Crippen LogP contribution is 2.34. The predicted molar refractivity (Wildman–Crippen MR) is 65.5 cm³/mol. The van der Waals surface area contributed by atoms with Crippen molar-refractivity contribution in [3.8, 4) is 0 Å². The summed E-state index contributed by atoms with van der Waals surface area (Å²) in [4.78, 5) is 2.61. The third kappa shape index (κ3) is 2.47. The van der Waals surface area contributed by atoms with Crippen LogP contribution in [0, 0.1) is 0 Å². The van der Waals surface area contributed by atoms with Crippen LogP contribution in [-0.4, -0.2) is 24.2 Å². The molecule has 0 saturated carbocycles. The summed E-state index contributed by atoms with van der Waals surface area (Å²) in [5.74, 6) is 0.226. The van der Waals surface area contributed by atoms with Crippen LogP contribution in [0.2, 0.25) is 0 Å². The molecule has 0 heterocycles. The van der Waals surface area contributed by atoms with Crippen LogP contribution in [0.25, 0.3) is 0 Å². The number of rotatable bonds is 4. The number of aliphatic hydroxyl groups is 1. The van der Waals surface area contributed by atoms with Crippen molar-refractivity contribution >= 4 is 23.5 Å². The molecule has 0 amide bonds. The quantitative estimate of drug-likeness (QED) is 0.799. The van der Waals surface area contributed by atoms with Crippen molar-refractivity contribution in [3.63, 3.8) is 0 Å². The van der Waals surface area contributed by atoms with E-state index in [1.807, 2.05) is 0 Å². The lowest BCUT2D eigenvalue weighted by molar-refractivity contribution is 0.271. The molecular formula is C11H16OS2. The molecule has 0 aromatic heterocycles. The van der Waals surface area contributed by atoms with Crippen molar-refractivity contribution in [2.45, 2.75) is 22.6 Å². The molecule has 1 unspecified atom stereocenters. The molecule has 1 aromatic rings. The van der Waals surface area contributed by atoms with Crippen molar-refractivity contribution < 1.29 is 5.11 Å². The highest BCUT2D eigenvalue weighted by atomic mass is 32.2. The maximum atomic E-state index is 9.16. The first-order chi connectivity index (χ1) is 6.74. The van der Waals surface area contributed by atoms with Crippen LogP contribution < -0.4 is 0 Å². The van der Waals surface area contributed by atoms with E-state index in [4.69, 9.17) is 5.11 Å². The smallest absolute Gasteiger partial charge is 0.0497 e. The number of hydrogen-bond donors (Lipinski definition) is 1. The summed E-state index contributed by atoms with van der Waals surface area (Å²) in [6.45, 7) is 2.27. The lowest BCUT2D eigenvalue weighted by Gasteiger charge is -2.15. The van der Waals surface area contributed by atoms with Crippen LogP contribution in [0.1, 0.15) is 18.4 Å². The predicted octanol–water partition coefficient (Wildman–Crippen LogP) is 3.23. The Hall–Kier alpha value is -0.120. The van der Waals surface area contributed by atoms with Crippen LogP contribution in [0.5, 0.6) is 0 Å². The van der Waals surface area contributed by atoms with Crippen LogP contribution in [0.3, 0.4) is 0 Å². The molecule has 0 bridgehead atoms. The summed E-state index contributed by atoms with van der Waals surface area (Å²) >= 11 is 3.52. The average molecular weight is 228 g/mol. The SMILES string of the molecule is CSc1cccc(C(C)CO)c1SC. The van der Waals surface area contributed by atoms with Crippen molar-refractivity contribution in [1.29, 1.82) is 0 Å². The summed E-state index contributed by atoms with van der Waals surface area (Å²) in [6, 6.07) is 6.30. The molecule has 0 spiro atoms. The van der Waals surface area contributed by atoms with Gasteiger partial charge in [-0.1, -0.05) is 19.1 Å². The van der Waals surface area contributed by atoms with Gasteiger partial charge in [0.2, 0.25) is 0 Å². The van der Waals surface area contributed by atoms with Gasteiger partial charge in [0.1, 0.15) is 0 Å². The first-order valence-electron chi connectivity index (χ1n) is 4.56. The maximum Gasteiger partial charge on any atom is 0.0497 e. The molecule has 78 valence electrons. The van der Waals surface area contributed by atoms with E-state index < -0.39 is 0 Å². The first-order valence-corrected chi connectivity index (χ1v) is 7.01. The van der Waals surface area contributed by atoms with Gasteiger partial charge in [-0.25, -0.2) is 0 Å². The lowest BCUT2D eigenvalue weighted by atomic mass is 10.0. The minimum Gasteiger partial charge on any atom is -0.396 e. The molecule has 14 heavy (non-hydrogen) atoms. The Bertz CT molecular complexity index is 299. The summed E-state index contributed by atoms with van der Waals surface area (Å²) in [7, 11) is 0. The van der Waals surface area contributed by atoms with Crippen molar-refractivity contribution in [2.75, 3.05) is 19.1 Å². The second kappa shape index (κ2) is 5.69. The zero-order chi connectivity index (χ0) is 10.6. The molecule has 0 aliphatic rings. The van der Waals surface area contributed by atoms with Crippen LogP contribution in [0.15, 0.2) is 28.0 Å². The lowest BCUT2D eigenvalue weighted by Crippen LogP contribution is -2.01. The largest absolute Gasteiger partial charge is 0.396 e. The summed E-state index contributed by atoms with van der Waals surface area (Å²) < 4.78 is 0. The van der Waals surface area contributed by atoms with Gasteiger partial charge in [0.15, 0.2) is 0 Å². The third-order valence-electron chi connectivity index (χ3n) is 2.24. The normalized spacial score (nSPS) is 12.9. The Morgan fingerprint density at radius 1 is 1.29 bits per heavy atom. The van der Waals surface area contributed by atoms with Gasteiger partial charge in [0, 0.05) is 22.3 Å². The molecule has 1 N–H and O–H groups in total. The van der Waals surface area contributed by atoms with E-state index >= 15 is 0 Å². The Labute approximate surface area is 94.3 Å². The molecule has 3 heteroatoms. The second-order valence-corrected chi connectivity index (χ2v) is 4.83. The number of benzene rings is 1. The van der Waals surface area contributed by atoms with E-state index in [1.54, 1.807) is 23.5 Å². The molecule has 0 aliphatic carbocycles. The van der Waals surface area contributed by atoms with Gasteiger partial charge in [-0.05, 0) is 24.1 Å². The van der Waals surface area contributed by atoms with Crippen LogP contribution in [0.4, 0.5) is 0 Å². The summed E-state index contributed by atoms with van der Waals surface area (Å²) in [5.41, 5.74) is 1.26. The fourth-order valence-corrected chi connectivity index (χ4v) is 3.19. The van der Waals surface area contributed by atoms with Crippen LogP contribution >= 0.6 is 23.5 Å². The molecule has 1 nitrogen and oxygen atoms in total. The fourth-order valence-electron chi connectivity index (χ4n) is 1.40. The number of hydrogen-bond acceptors (Lipinski definition) is 3. The third-order valence-corrected chi connectivity index (χ3v) is 4.01. The molecule has 0 aliphatic heterocycles. The zero-order valence-corrected chi connectivity index (χ0v) is 10.4. The van der Waals surface area contributed by atoms with E-state index in [1.165, 1.54) is 15.4 Å². The van der Waals surface area contributed by atoms with Gasteiger partial charge in [0.05, 0.1) is 0 Å². The average Bonchev–Trinajstić information content (AvgIpc) is 2.26. The van der Waals surface area contributed by atoms with Gasteiger partial charge in [0.25, 0.3) is 0 Å². The Morgan fingerprint density at radius 3 is 2.50 bits per heavy atom. The molecular weight excluding hydrogens is 212 g/mol. The van der Waals surface area contributed by atoms with E-state index in [0.717, 1.165) is 0 Å². The fraction of sp³-hybridized carbons (Fsp3) is 0.455. The summed E-state index contributed by atoms with van der Waals surface area (Å²) in [6.07, 6.45) is 4.17. The topological polar surface area (TPSA) is 20.2 Å². The van der Waals surface area contributed by atoms with E-state index in [9.17, 15) is 0 Å². The monoisotopic (exact) mass is 228 g/mol. The van der Waals surface area contributed by atoms with Gasteiger partial charge in [-0.2, -0.15) is 0 Å². The second-order valence-electron chi connectivity index (χ2n) is 3.17. The number of aliphatic hydroxyl groups excluding tert-OH is 1. The van der Waals surface area contributed by atoms with Gasteiger partial charge in [-0.15, -0.1) is 23.5 Å². The zero-order valence-electron chi connectivity index (χ0n) is 8.78. The summed E-state index contributed by atoms with van der Waals surface area (Å²) in [5, 5.41) is 9.16. The highest BCUT2D eigenvalue weighted by Gasteiger charge is 2.11. The minimum absolute atomic E-state index is 0.214. The Kier molecular flexibility index (Phi) is 4.85. The molecule has 0 radical (unpaired) electrons. The minimum atomic E-state index is 0.214. The Balaban J connectivity index is 3.14. The standard InChI is InChI=1S/C11H16OS2/c1-8(7-12)9-5-4-6-10(13-2)11(9)14-3/h4-6,8,12H,7H2,1-3H3. The van der Waals surface area contributed by atoms with E-state index in [0.29, 0.717) is 0 Å². The molecule has 1 aromatic carbocycles. The van der Waals surface area contributed by atoms with Gasteiger partial charge < -0.3 is 5.11 Å². The molecule has 0 fully saturated rings. The molecule has 1 atom stereocenters. The molecule has 1 rings (SSSR count). The van der Waals surface area contributed by atoms with Crippen molar-refractivity contribution in [1.82, 2.24) is 0 Å². The van der Waals surface area contributed by atoms with Gasteiger partial charge >= 0.3 is 0 Å². The number of thioether (sulfide) groups is 2. The van der Waals surface area contributed by atoms with Gasteiger partial charge in [-0.3, -0.25) is 0 Å².